The Hall–Kier alpha value is -7.29. The summed E-state index contributed by atoms with van der Waals surface area (Å²) in [5.74, 6) is 0.884. The molecular formula is C54H38N2. The first-order chi connectivity index (χ1) is 27.7. The molecule has 10 rings (SSSR count). The van der Waals surface area contributed by atoms with E-state index in [0.29, 0.717) is 0 Å². The van der Waals surface area contributed by atoms with E-state index in [9.17, 15) is 0 Å². The molecule has 0 amide bonds. The van der Waals surface area contributed by atoms with Crippen LogP contribution in [0.5, 0.6) is 0 Å². The van der Waals surface area contributed by atoms with E-state index in [0.717, 1.165) is 34.0 Å². The van der Waals surface area contributed by atoms with Crippen molar-refractivity contribution in [2.24, 2.45) is 0 Å². The van der Waals surface area contributed by atoms with Crippen molar-refractivity contribution in [3.05, 3.63) is 206 Å². The molecule has 9 aromatic carbocycles. The predicted octanol–water partition coefficient (Wildman–Crippen LogP) is 14.8. The fourth-order valence-electron chi connectivity index (χ4n) is 8.43. The van der Waals surface area contributed by atoms with E-state index in [1.807, 2.05) is 19.1 Å². The highest BCUT2D eigenvalue weighted by Crippen LogP contribution is 2.46. The van der Waals surface area contributed by atoms with Gasteiger partial charge in [0.05, 0.1) is 11.4 Å². The largest absolute Gasteiger partial charge is 0.292 e. The average Bonchev–Trinajstić information content (AvgIpc) is 3.63. The summed E-state index contributed by atoms with van der Waals surface area (Å²) in [6, 6.07) is 66.2. The Kier molecular flexibility index (Phi) is 8.23. The van der Waals surface area contributed by atoms with Crippen molar-refractivity contribution in [1.82, 2.24) is 9.55 Å². The van der Waals surface area contributed by atoms with E-state index in [2.05, 4.69) is 199 Å². The molecule has 264 valence electrons. The van der Waals surface area contributed by atoms with Crippen LogP contribution in [-0.2, 0) is 0 Å². The van der Waals surface area contributed by atoms with Gasteiger partial charge >= 0.3 is 0 Å². The molecule has 0 unspecified atom stereocenters. The summed E-state index contributed by atoms with van der Waals surface area (Å²) in [5, 5.41) is 9.92. The Labute approximate surface area is 327 Å². The molecule has 0 saturated carbocycles. The highest BCUT2D eigenvalue weighted by Gasteiger charge is 2.20. The van der Waals surface area contributed by atoms with Crippen LogP contribution in [0, 0.1) is 0 Å². The molecule has 0 aliphatic rings. The van der Waals surface area contributed by atoms with E-state index in [-0.39, 0.29) is 0 Å². The molecule has 2 heteroatoms. The summed E-state index contributed by atoms with van der Waals surface area (Å²) in [6.45, 7) is 6.12. The molecule has 56 heavy (non-hydrogen) atoms. The fraction of sp³-hybridized carbons (Fsp3) is 0.0185. The molecule has 0 aliphatic heterocycles. The second-order valence-electron chi connectivity index (χ2n) is 14.3. The molecule has 1 heterocycles. The normalized spacial score (nSPS) is 11.7. The lowest BCUT2D eigenvalue weighted by Gasteiger charge is -2.19. The van der Waals surface area contributed by atoms with Gasteiger partial charge in [-0.15, -0.1) is 0 Å². The van der Waals surface area contributed by atoms with Gasteiger partial charge in [-0.05, 0) is 126 Å². The van der Waals surface area contributed by atoms with Crippen molar-refractivity contribution >= 4 is 55.2 Å². The van der Waals surface area contributed by atoms with Crippen LogP contribution >= 0.6 is 0 Å². The third kappa shape index (κ3) is 5.63. The van der Waals surface area contributed by atoms with E-state index >= 15 is 0 Å². The minimum Gasteiger partial charge on any atom is -0.292 e. The monoisotopic (exact) mass is 714 g/mol. The fourth-order valence-corrected chi connectivity index (χ4v) is 8.43. The lowest BCUT2D eigenvalue weighted by atomic mass is 9.84. The van der Waals surface area contributed by atoms with E-state index in [1.165, 1.54) is 70.9 Å². The first-order valence-electron chi connectivity index (χ1n) is 19.2. The lowest BCUT2D eigenvalue weighted by molar-refractivity contribution is 1.05. The molecule has 0 aliphatic carbocycles. The molecule has 2 nitrogen and oxygen atoms in total. The first-order valence-corrected chi connectivity index (χ1v) is 19.2. The zero-order chi connectivity index (χ0) is 37.6. The Balaban J connectivity index is 1.19. The van der Waals surface area contributed by atoms with Crippen LogP contribution < -0.4 is 0 Å². The summed E-state index contributed by atoms with van der Waals surface area (Å²) in [6.07, 6.45) is 5.99. The van der Waals surface area contributed by atoms with Crippen LogP contribution in [0.1, 0.15) is 18.3 Å². The predicted molar refractivity (Wildman–Crippen MR) is 240 cm³/mol. The van der Waals surface area contributed by atoms with Crippen LogP contribution in [0.3, 0.4) is 0 Å². The highest BCUT2D eigenvalue weighted by molar-refractivity contribution is 6.22. The minimum atomic E-state index is 0.858. The van der Waals surface area contributed by atoms with Crippen LogP contribution in [0.4, 0.5) is 0 Å². The number of nitrogens with zero attached hydrogens (tertiary/aromatic N) is 2. The number of rotatable bonds is 7. The second-order valence-corrected chi connectivity index (χ2v) is 14.3. The number of aromatic nitrogens is 2. The quantitative estimate of drug-likeness (QED) is 0.150. The van der Waals surface area contributed by atoms with Crippen molar-refractivity contribution in [2.75, 3.05) is 0 Å². The first kappa shape index (κ1) is 33.3. The molecule has 0 N–H and O–H groups in total. The van der Waals surface area contributed by atoms with Crippen LogP contribution in [0.25, 0.3) is 106 Å². The smallest absolute Gasteiger partial charge is 0.145 e. The van der Waals surface area contributed by atoms with Crippen molar-refractivity contribution in [2.45, 2.75) is 6.92 Å². The molecule has 1 aromatic heterocycles. The van der Waals surface area contributed by atoms with Gasteiger partial charge in [-0.2, -0.15) is 0 Å². The Bertz CT molecular complexity index is 3150. The van der Waals surface area contributed by atoms with Gasteiger partial charge in [0.2, 0.25) is 0 Å². The van der Waals surface area contributed by atoms with Gasteiger partial charge in [-0.1, -0.05) is 164 Å². The highest BCUT2D eigenvalue weighted by atomic mass is 15.1. The number of allylic oxidation sites excluding steroid dienone is 1. The van der Waals surface area contributed by atoms with Crippen LogP contribution in [0.2, 0.25) is 0 Å². The number of hydrogen-bond donors (Lipinski definition) is 0. The summed E-state index contributed by atoms with van der Waals surface area (Å²) >= 11 is 0. The number of hydrogen-bond acceptors (Lipinski definition) is 1. The van der Waals surface area contributed by atoms with E-state index < -0.39 is 0 Å². The molecule has 10 aromatic rings. The minimum absolute atomic E-state index is 0.858. The Morgan fingerprint density at radius 1 is 0.446 bits per heavy atom. The summed E-state index contributed by atoms with van der Waals surface area (Å²) in [4.78, 5) is 5.08. The van der Waals surface area contributed by atoms with Crippen LogP contribution in [-0.4, -0.2) is 9.55 Å². The summed E-state index contributed by atoms with van der Waals surface area (Å²) < 4.78 is 2.22. The molecule has 0 bridgehead atoms. The molecular weight excluding hydrogens is 677 g/mol. The Morgan fingerprint density at radius 2 is 0.946 bits per heavy atom. The number of fused-ring (bicyclic) bond motifs is 4. The third-order valence-corrected chi connectivity index (χ3v) is 11.1. The topological polar surface area (TPSA) is 17.8 Å². The maximum absolute atomic E-state index is 5.08. The average molecular weight is 715 g/mol. The molecule has 0 fully saturated rings. The van der Waals surface area contributed by atoms with E-state index in [4.69, 9.17) is 4.98 Å². The van der Waals surface area contributed by atoms with Crippen molar-refractivity contribution < 1.29 is 0 Å². The Morgan fingerprint density at radius 3 is 1.55 bits per heavy atom. The van der Waals surface area contributed by atoms with Crippen LogP contribution in [0.15, 0.2) is 195 Å². The van der Waals surface area contributed by atoms with Gasteiger partial charge in [0.15, 0.2) is 0 Å². The zero-order valence-electron chi connectivity index (χ0n) is 31.2. The van der Waals surface area contributed by atoms with Gasteiger partial charge in [0.25, 0.3) is 0 Å². The van der Waals surface area contributed by atoms with Gasteiger partial charge in [-0.25, -0.2) is 4.98 Å². The summed E-state index contributed by atoms with van der Waals surface area (Å²) in [5.41, 5.74) is 11.2. The van der Waals surface area contributed by atoms with Gasteiger partial charge < -0.3 is 0 Å². The standard InChI is InChI=1S/C54H38N2/c1-3-14-51-50(4-2)55-54(56(51)45-19-6-5-7-20-45)39-27-23-38(24-28-39)42-31-32-48-49(35-42)53(44-30-26-37-16-9-11-18-41(37)34-44)47-22-13-12-21-46(47)52(48)43-29-25-36-15-8-10-17-40(36)33-43/h3-35H,2H2,1H3/b14-3-. The van der Waals surface area contributed by atoms with Gasteiger partial charge in [0, 0.05) is 11.3 Å². The SMILES string of the molecule is C=Cc1nc(-c2ccc(-c3ccc4c(-c5ccc6ccccc6c5)c5ccccc5c(-c5ccc6ccccc6c5)c4c3)cc2)n(-c2ccccc2)c1/C=C\C. The molecule has 0 radical (unpaired) electrons. The van der Waals surface area contributed by atoms with Crippen molar-refractivity contribution in [3.8, 4) is 50.5 Å². The number of para-hydroxylation sites is 1. The maximum Gasteiger partial charge on any atom is 0.145 e. The third-order valence-electron chi connectivity index (χ3n) is 11.1. The van der Waals surface area contributed by atoms with Crippen molar-refractivity contribution in [1.29, 1.82) is 0 Å². The maximum atomic E-state index is 5.08. The molecule has 0 saturated heterocycles. The number of benzene rings is 9. The van der Waals surface area contributed by atoms with Gasteiger partial charge in [0.1, 0.15) is 5.82 Å². The molecule has 0 atom stereocenters. The van der Waals surface area contributed by atoms with Crippen molar-refractivity contribution in [3.63, 3.8) is 0 Å². The van der Waals surface area contributed by atoms with E-state index in [1.54, 1.807) is 0 Å². The number of imidazole rings is 1. The summed E-state index contributed by atoms with van der Waals surface area (Å²) in [7, 11) is 0. The zero-order valence-corrected chi connectivity index (χ0v) is 31.2. The van der Waals surface area contributed by atoms with Gasteiger partial charge in [-0.3, -0.25) is 4.57 Å². The lowest BCUT2D eigenvalue weighted by Crippen LogP contribution is -1.99. The molecule has 0 spiro atoms. The second kappa shape index (κ2) is 13.8.